The molecule has 1 aliphatic carbocycles. The van der Waals surface area contributed by atoms with Crippen LogP contribution in [0.1, 0.15) is 26.2 Å². The number of hydrogen-bond donors (Lipinski definition) is 0. The Kier molecular flexibility index (Phi) is 5.05. The molecule has 0 atom stereocenters. The van der Waals surface area contributed by atoms with Gasteiger partial charge in [-0.15, -0.1) is 0 Å². The molecule has 0 unspecified atom stereocenters. The van der Waals surface area contributed by atoms with Crippen LogP contribution in [-0.2, 0) is 14.3 Å². The summed E-state index contributed by atoms with van der Waals surface area (Å²) in [6.45, 7) is 2.08. The fourth-order valence-electron chi connectivity index (χ4n) is 1.37. The number of thiocarbonyl (C=S) groups is 1. The van der Waals surface area contributed by atoms with Gasteiger partial charge in [-0.3, -0.25) is 9.59 Å². The Morgan fingerprint density at radius 1 is 1.44 bits per heavy atom. The van der Waals surface area contributed by atoms with E-state index in [4.69, 9.17) is 17.0 Å². The molecule has 0 aliphatic heterocycles. The van der Waals surface area contributed by atoms with E-state index < -0.39 is 0 Å². The molecular formula is C12H14O3S. The summed E-state index contributed by atoms with van der Waals surface area (Å²) in [5.74, 6) is -0.420. The summed E-state index contributed by atoms with van der Waals surface area (Å²) in [6.07, 6.45) is 6.35. The van der Waals surface area contributed by atoms with E-state index in [1.807, 2.05) is 12.2 Å². The summed E-state index contributed by atoms with van der Waals surface area (Å²) < 4.78 is 4.75. The lowest BCUT2D eigenvalue weighted by molar-refractivity contribution is -0.144. The van der Waals surface area contributed by atoms with Crippen LogP contribution < -0.4 is 0 Å². The number of ether oxygens (including phenoxy) is 1. The summed E-state index contributed by atoms with van der Waals surface area (Å²) in [6, 6.07) is 0. The number of allylic oxidation sites excluding steroid dienone is 4. The van der Waals surface area contributed by atoms with E-state index in [0.29, 0.717) is 23.5 Å². The van der Waals surface area contributed by atoms with Crippen molar-refractivity contribution in [3.05, 3.63) is 23.8 Å². The maximum atomic E-state index is 11.7. The van der Waals surface area contributed by atoms with Crippen LogP contribution >= 0.6 is 12.2 Å². The molecule has 0 saturated heterocycles. The van der Waals surface area contributed by atoms with Gasteiger partial charge in [0.05, 0.1) is 13.0 Å². The minimum Gasteiger partial charge on any atom is -0.466 e. The van der Waals surface area contributed by atoms with E-state index in [0.717, 1.165) is 0 Å². The molecule has 0 bridgehead atoms. The molecule has 0 aromatic rings. The normalized spacial score (nSPS) is 14.6. The number of Topliss-reactive ketones (excluding diaryl/α,β-unsaturated/α-hetero) is 1. The van der Waals surface area contributed by atoms with Crippen molar-refractivity contribution >= 4 is 28.8 Å². The zero-order valence-corrected chi connectivity index (χ0v) is 10.0. The van der Waals surface area contributed by atoms with Crippen molar-refractivity contribution in [1.82, 2.24) is 0 Å². The van der Waals surface area contributed by atoms with E-state index in [2.05, 4.69) is 0 Å². The molecule has 3 nitrogen and oxygen atoms in total. The highest BCUT2D eigenvalue weighted by atomic mass is 32.1. The van der Waals surface area contributed by atoms with Crippen LogP contribution in [0.3, 0.4) is 0 Å². The number of esters is 1. The number of ketones is 1. The Hall–Kier alpha value is -1.29. The van der Waals surface area contributed by atoms with Crippen molar-refractivity contribution in [3.63, 3.8) is 0 Å². The first-order chi connectivity index (χ1) is 7.65. The molecule has 16 heavy (non-hydrogen) atoms. The molecule has 0 saturated carbocycles. The molecule has 1 rings (SSSR count). The van der Waals surface area contributed by atoms with Gasteiger partial charge in [0, 0.05) is 23.3 Å². The SMILES string of the molecule is CCOC(=O)CCC(=O)C1=CC=CCC1=S. The van der Waals surface area contributed by atoms with E-state index in [9.17, 15) is 9.59 Å². The number of carbonyl (C=O) groups is 2. The van der Waals surface area contributed by atoms with Crippen LogP contribution in [0.4, 0.5) is 0 Å². The van der Waals surface area contributed by atoms with Gasteiger partial charge in [-0.2, -0.15) is 0 Å². The first kappa shape index (κ1) is 12.8. The zero-order valence-electron chi connectivity index (χ0n) is 9.19. The summed E-state index contributed by atoms with van der Waals surface area (Å²) >= 11 is 5.08. The smallest absolute Gasteiger partial charge is 0.306 e. The summed E-state index contributed by atoms with van der Waals surface area (Å²) in [5, 5.41) is 0. The van der Waals surface area contributed by atoms with E-state index in [1.165, 1.54) is 0 Å². The Bertz CT molecular complexity index is 366. The third-order valence-corrected chi connectivity index (χ3v) is 2.55. The average molecular weight is 238 g/mol. The Morgan fingerprint density at radius 2 is 2.19 bits per heavy atom. The molecule has 0 aromatic carbocycles. The van der Waals surface area contributed by atoms with Crippen molar-refractivity contribution in [3.8, 4) is 0 Å². The third kappa shape index (κ3) is 3.70. The van der Waals surface area contributed by atoms with Crippen molar-refractivity contribution in [2.75, 3.05) is 6.61 Å². The molecule has 0 N–H and O–H groups in total. The predicted octanol–water partition coefficient (Wildman–Crippen LogP) is 2.16. The maximum Gasteiger partial charge on any atom is 0.306 e. The van der Waals surface area contributed by atoms with Gasteiger partial charge in [-0.05, 0) is 6.92 Å². The second kappa shape index (κ2) is 6.33. The van der Waals surface area contributed by atoms with Crippen molar-refractivity contribution < 1.29 is 14.3 Å². The summed E-state index contributed by atoms with van der Waals surface area (Å²) in [5.41, 5.74) is 0.557. The predicted molar refractivity (Wildman–Crippen MR) is 65.3 cm³/mol. The fourth-order valence-corrected chi connectivity index (χ4v) is 1.65. The van der Waals surface area contributed by atoms with Gasteiger partial charge >= 0.3 is 5.97 Å². The second-order valence-electron chi connectivity index (χ2n) is 3.36. The van der Waals surface area contributed by atoms with Gasteiger partial charge in [0.25, 0.3) is 0 Å². The van der Waals surface area contributed by atoms with E-state index in [1.54, 1.807) is 13.0 Å². The maximum absolute atomic E-state index is 11.7. The van der Waals surface area contributed by atoms with Crippen LogP contribution in [0, 0.1) is 0 Å². The second-order valence-corrected chi connectivity index (χ2v) is 3.86. The van der Waals surface area contributed by atoms with E-state index >= 15 is 0 Å². The number of hydrogen-bond acceptors (Lipinski definition) is 4. The zero-order chi connectivity index (χ0) is 12.0. The molecule has 0 heterocycles. The molecule has 0 aromatic heterocycles. The molecule has 4 heteroatoms. The number of rotatable bonds is 5. The Morgan fingerprint density at radius 3 is 2.81 bits per heavy atom. The van der Waals surface area contributed by atoms with Gasteiger partial charge in [-0.1, -0.05) is 30.4 Å². The fraction of sp³-hybridized carbons (Fsp3) is 0.417. The van der Waals surface area contributed by atoms with Crippen molar-refractivity contribution in [2.45, 2.75) is 26.2 Å². The van der Waals surface area contributed by atoms with Crippen molar-refractivity contribution in [2.24, 2.45) is 0 Å². The molecule has 1 aliphatic rings. The highest BCUT2D eigenvalue weighted by molar-refractivity contribution is 7.81. The lowest BCUT2D eigenvalue weighted by atomic mass is 9.98. The highest BCUT2D eigenvalue weighted by Gasteiger charge is 2.16. The lowest BCUT2D eigenvalue weighted by Crippen LogP contribution is -2.14. The van der Waals surface area contributed by atoms with E-state index in [-0.39, 0.29) is 24.6 Å². The van der Waals surface area contributed by atoms with Crippen LogP contribution in [0.25, 0.3) is 0 Å². The topological polar surface area (TPSA) is 43.4 Å². The molecule has 0 fully saturated rings. The highest BCUT2D eigenvalue weighted by Crippen LogP contribution is 2.13. The van der Waals surface area contributed by atoms with Gasteiger partial charge in [0.1, 0.15) is 0 Å². The molecule has 0 spiro atoms. The molecule has 86 valence electrons. The molecular weight excluding hydrogens is 224 g/mol. The Balaban J connectivity index is 2.46. The standard InChI is InChI=1S/C12H14O3S/c1-2-15-12(14)8-7-10(13)9-5-3-4-6-11(9)16/h3-5H,2,6-8H2,1H3. The first-order valence-corrected chi connectivity index (χ1v) is 5.64. The largest absolute Gasteiger partial charge is 0.466 e. The lowest BCUT2D eigenvalue weighted by Gasteiger charge is -2.08. The number of carbonyl (C=O) groups excluding carboxylic acids is 2. The minimum atomic E-state index is -0.339. The van der Waals surface area contributed by atoms with Gasteiger partial charge in [0.15, 0.2) is 5.78 Å². The Labute approximate surface area is 100 Å². The monoisotopic (exact) mass is 238 g/mol. The molecule has 0 radical (unpaired) electrons. The molecule has 0 amide bonds. The van der Waals surface area contributed by atoms with Crippen molar-refractivity contribution in [1.29, 1.82) is 0 Å². The average Bonchev–Trinajstić information content (AvgIpc) is 2.27. The minimum absolute atomic E-state index is 0.0811. The third-order valence-electron chi connectivity index (χ3n) is 2.16. The first-order valence-electron chi connectivity index (χ1n) is 5.24. The van der Waals surface area contributed by atoms with Gasteiger partial charge in [-0.25, -0.2) is 0 Å². The van der Waals surface area contributed by atoms with Crippen LogP contribution in [0.5, 0.6) is 0 Å². The summed E-state index contributed by atoms with van der Waals surface area (Å²) in [7, 11) is 0. The van der Waals surface area contributed by atoms with Gasteiger partial charge in [0.2, 0.25) is 0 Å². The van der Waals surface area contributed by atoms with Crippen LogP contribution in [0.2, 0.25) is 0 Å². The van der Waals surface area contributed by atoms with Crippen LogP contribution in [-0.4, -0.2) is 23.2 Å². The summed E-state index contributed by atoms with van der Waals surface area (Å²) in [4.78, 5) is 23.4. The quantitative estimate of drug-likeness (QED) is 0.544. The van der Waals surface area contributed by atoms with Crippen LogP contribution in [0.15, 0.2) is 23.8 Å². The van der Waals surface area contributed by atoms with Gasteiger partial charge < -0.3 is 4.74 Å².